The van der Waals surface area contributed by atoms with Crippen molar-refractivity contribution in [3.05, 3.63) is 58.4 Å². The van der Waals surface area contributed by atoms with Crippen molar-refractivity contribution in [1.29, 1.82) is 0 Å². The van der Waals surface area contributed by atoms with Crippen molar-refractivity contribution < 1.29 is 14.7 Å². The zero-order chi connectivity index (χ0) is 18.6. The minimum Gasteiger partial charge on any atom is -0.512 e. The number of hydrogen-bond acceptors (Lipinski definition) is 4. The molecule has 0 saturated carbocycles. The third-order valence-electron chi connectivity index (χ3n) is 4.55. The van der Waals surface area contributed by atoms with Crippen LogP contribution in [-0.2, 0) is 9.63 Å². The Kier molecular flexibility index (Phi) is 6.18. The van der Waals surface area contributed by atoms with Crippen LogP contribution in [0, 0.1) is 20.8 Å². The summed E-state index contributed by atoms with van der Waals surface area (Å²) in [6.07, 6.45) is 2.84. The van der Waals surface area contributed by atoms with Crippen molar-refractivity contribution in [2.45, 2.75) is 52.9 Å². The smallest absolute Gasteiger partial charge is 0.163 e. The Morgan fingerprint density at radius 3 is 2.52 bits per heavy atom. The lowest BCUT2D eigenvalue weighted by atomic mass is 9.78. The molecule has 0 heterocycles. The zero-order valence-electron chi connectivity index (χ0n) is 15.6. The second-order valence-corrected chi connectivity index (χ2v) is 6.85. The van der Waals surface area contributed by atoms with Crippen LogP contribution < -0.4 is 0 Å². The molecule has 1 aliphatic rings. The van der Waals surface area contributed by atoms with E-state index >= 15 is 0 Å². The molecule has 0 aromatic heterocycles. The number of carbonyl (C=O) groups is 1. The summed E-state index contributed by atoms with van der Waals surface area (Å²) in [7, 11) is 0. The van der Waals surface area contributed by atoms with Crippen molar-refractivity contribution in [1.82, 2.24) is 0 Å². The topological polar surface area (TPSA) is 58.9 Å². The molecule has 0 radical (unpaired) electrons. The van der Waals surface area contributed by atoms with E-state index in [1.54, 1.807) is 13.0 Å². The molecule has 2 rings (SSSR count). The van der Waals surface area contributed by atoms with Gasteiger partial charge in [-0.05, 0) is 50.3 Å². The fourth-order valence-electron chi connectivity index (χ4n) is 3.66. The van der Waals surface area contributed by atoms with Gasteiger partial charge in [0.1, 0.15) is 6.61 Å². The van der Waals surface area contributed by atoms with E-state index in [2.05, 4.69) is 44.6 Å². The van der Waals surface area contributed by atoms with E-state index < -0.39 is 0 Å². The van der Waals surface area contributed by atoms with Crippen molar-refractivity contribution in [3.8, 4) is 0 Å². The van der Waals surface area contributed by atoms with Crippen molar-refractivity contribution in [2.24, 2.45) is 5.16 Å². The fraction of sp³-hybridized carbons (Fsp3) is 0.429. The number of Topliss-reactive ketones (excluding diaryl/α,β-unsaturated/α-hetero) is 1. The molecule has 4 heteroatoms. The maximum Gasteiger partial charge on any atom is 0.163 e. The van der Waals surface area contributed by atoms with E-state index in [0.717, 1.165) is 0 Å². The van der Waals surface area contributed by atoms with Gasteiger partial charge >= 0.3 is 0 Å². The molecule has 0 fully saturated rings. The molecular formula is C21H27NO3. The quantitative estimate of drug-likeness (QED) is 0.349. The van der Waals surface area contributed by atoms with Gasteiger partial charge in [0.05, 0.1) is 11.5 Å². The van der Waals surface area contributed by atoms with Gasteiger partial charge in [0.15, 0.2) is 5.78 Å². The van der Waals surface area contributed by atoms with Crippen LogP contribution in [0.25, 0.3) is 0 Å². The summed E-state index contributed by atoms with van der Waals surface area (Å²) < 4.78 is 0. The molecule has 4 nitrogen and oxygen atoms in total. The number of carbonyl (C=O) groups excluding carboxylic acids is 1. The summed E-state index contributed by atoms with van der Waals surface area (Å²) in [4.78, 5) is 17.7. The Morgan fingerprint density at radius 2 is 1.96 bits per heavy atom. The number of hydrogen-bond donors (Lipinski definition) is 1. The van der Waals surface area contributed by atoms with E-state index in [-0.39, 0.29) is 17.5 Å². The third kappa shape index (κ3) is 4.59. The van der Waals surface area contributed by atoms with Gasteiger partial charge < -0.3 is 9.94 Å². The molecule has 1 aromatic carbocycles. The van der Waals surface area contributed by atoms with Crippen LogP contribution in [-0.4, -0.2) is 23.2 Å². The van der Waals surface area contributed by atoms with Gasteiger partial charge in [0, 0.05) is 24.8 Å². The minimum absolute atomic E-state index is 0.00797. The number of aryl methyl sites for hydroxylation is 3. The van der Waals surface area contributed by atoms with Crippen LogP contribution >= 0.6 is 0 Å². The number of rotatable bonds is 6. The van der Waals surface area contributed by atoms with Gasteiger partial charge in [0.2, 0.25) is 0 Å². The number of ketones is 1. The summed E-state index contributed by atoms with van der Waals surface area (Å²) in [6.45, 7) is 11.9. The van der Waals surface area contributed by atoms with Crippen molar-refractivity contribution in [3.63, 3.8) is 0 Å². The highest BCUT2D eigenvalue weighted by Crippen LogP contribution is 2.38. The Bertz CT molecular complexity index is 721. The normalized spacial score (nSPS) is 18.5. The molecule has 0 aliphatic heterocycles. The average Bonchev–Trinajstić information content (AvgIpc) is 2.50. The van der Waals surface area contributed by atoms with Gasteiger partial charge in [-0.3, -0.25) is 4.79 Å². The molecule has 1 aromatic rings. The first-order valence-electron chi connectivity index (χ1n) is 8.61. The first-order chi connectivity index (χ1) is 11.8. The fourth-order valence-corrected chi connectivity index (χ4v) is 3.66. The van der Waals surface area contributed by atoms with Crippen molar-refractivity contribution >= 4 is 11.5 Å². The Labute approximate surface area is 149 Å². The predicted octanol–water partition coefficient (Wildman–Crippen LogP) is 4.84. The Hall–Kier alpha value is -2.36. The molecule has 1 aliphatic carbocycles. The largest absolute Gasteiger partial charge is 0.512 e. The van der Waals surface area contributed by atoms with Crippen LogP contribution in [0.1, 0.15) is 54.4 Å². The second kappa shape index (κ2) is 8.15. The third-order valence-corrected chi connectivity index (χ3v) is 4.55. The van der Waals surface area contributed by atoms with Gasteiger partial charge in [-0.1, -0.05) is 35.5 Å². The highest BCUT2D eigenvalue weighted by atomic mass is 16.6. The van der Waals surface area contributed by atoms with Gasteiger partial charge in [-0.25, -0.2) is 0 Å². The van der Waals surface area contributed by atoms with Crippen LogP contribution in [0.4, 0.5) is 0 Å². The van der Waals surface area contributed by atoms with E-state index in [4.69, 9.17) is 4.84 Å². The van der Waals surface area contributed by atoms with Gasteiger partial charge in [-0.15, -0.1) is 0 Å². The lowest BCUT2D eigenvalue weighted by Gasteiger charge is -2.26. The lowest BCUT2D eigenvalue weighted by molar-refractivity contribution is -0.116. The summed E-state index contributed by atoms with van der Waals surface area (Å²) in [5.41, 5.74) is 5.89. The molecular weight excluding hydrogens is 314 g/mol. The highest BCUT2D eigenvalue weighted by Gasteiger charge is 2.30. The zero-order valence-corrected chi connectivity index (χ0v) is 15.6. The molecule has 25 heavy (non-hydrogen) atoms. The first kappa shape index (κ1) is 19.0. The second-order valence-electron chi connectivity index (χ2n) is 6.85. The average molecular weight is 341 g/mol. The van der Waals surface area contributed by atoms with Crippen LogP contribution in [0.15, 0.2) is 41.3 Å². The van der Waals surface area contributed by atoms with Crippen molar-refractivity contribution in [2.75, 3.05) is 6.61 Å². The first-order valence-corrected chi connectivity index (χ1v) is 8.61. The molecule has 0 spiro atoms. The number of aliphatic hydroxyl groups excluding tert-OH is 1. The lowest BCUT2D eigenvalue weighted by Crippen LogP contribution is -2.21. The Morgan fingerprint density at radius 1 is 1.32 bits per heavy atom. The molecule has 0 amide bonds. The monoisotopic (exact) mass is 341 g/mol. The Balaban J connectivity index is 2.21. The minimum atomic E-state index is -0.00797. The number of oxime groups is 1. The summed E-state index contributed by atoms with van der Waals surface area (Å²) in [5, 5.41) is 14.4. The van der Waals surface area contributed by atoms with E-state index in [1.165, 1.54) is 22.3 Å². The van der Waals surface area contributed by atoms with E-state index in [1.807, 2.05) is 0 Å². The molecule has 1 N–H and O–H groups in total. The predicted molar refractivity (Wildman–Crippen MR) is 101 cm³/mol. The molecule has 0 bridgehead atoms. The number of benzene rings is 1. The summed E-state index contributed by atoms with van der Waals surface area (Å²) >= 11 is 0. The number of aliphatic hydroxyl groups is 1. The van der Waals surface area contributed by atoms with Crippen LogP contribution in [0.5, 0.6) is 0 Å². The molecule has 0 saturated heterocycles. The van der Waals surface area contributed by atoms with E-state index in [9.17, 15) is 9.90 Å². The molecule has 134 valence electrons. The molecule has 1 unspecified atom stereocenters. The van der Waals surface area contributed by atoms with Gasteiger partial charge in [0.25, 0.3) is 0 Å². The SMILES string of the molecule is C=CCO/N=C(/C)CC1=C(O)CC(c2c(C)cc(C)cc2C)CC1=O. The van der Waals surface area contributed by atoms with Crippen LogP contribution in [0.2, 0.25) is 0 Å². The molecule has 1 atom stereocenters. The van der Waals surface area contributed by atoms with Crippen LogP contribution in [0.3, 0.4) is 0 Å². The maximum atomic E-state index is 12.6. The number of nitrogens with zero attached hydrogens (tertiary/aromatic N) is 1. The number of allylic oxidation sites excluding steroid dienone is 2. The van der Waals surface area contributed by atoms with Gasteiger partial charge in [-0.2, -0.15) is 0 Å². The summed E-state index contributed by atoms with van der Waals surface area (Å²) in [5.74, 6) is 0.205. The van der Waals surface area contributed by atoms with E-state index in [0.29, 0.717) is 37.2 Å². The summed E-state index contributed by atoms with van der Waals surface area (Å²) in [6, 6.07) is 4.27. The highest BCUT2D eigenvalue weighted by molar-refractivity contribution is 6.02. The maximum absolute atomic E-state index is 12.6. The standard InChI is InChI=1S/C21H27NO3/c1-6-7-25-22-16(5)10-18-19(23)11-17(12-20(18)24)21-14(3)8-13(2)9-15(21)4/h6,8-9,17,23H,1,7,10-12H2,2-5H3/b22-16-.